The van der Waals surface area contributed by atoms with Crippen molar-refractivity contribution in [3.05, 3.63) is 65.7 Å². The van der Waals surface area contributed by atoms with E-state index in [1.807, 2.05) is 47.4 Å². The zero-order valence-corrected chi connectivity index (χ0v) is 16.1. The van der Waals surface area contributed by atoms with Gasteiger partial charge < -0.3 is 15.4 Å². The molecule has 140 valence electrons. The lowest BCUT2D eigenvalue weighted by atomic mass is 9.95. The highest BCUT2D eigenvalue weighted by atomic mass is 35.5. The molecule has 26 heavy (non-hydrogen) atoms. The van der Waals surface area contributed by atoms with Crippen molar-refractivity contribution < 1.29 is 9.53 Å². The fourth-order valence-corrected chi connectivity index (χ4v) is 3.19. The van der Waals surface area contributed by atoms with Gasteiger partial charge in [-0.1, -0.05) is 44.2 Å². The van der Waals surface area contributed by atoms with Crippen molar-refractivity contribution in [1.82, 2.24) is 4.90 Å². The first kappa shape index (κ1) is 20.3. The molecule has 0 spiro atoms. The van der Waals surface area contributed by atoms with Crippen molar-refractivity contribution in [2.45, 2.75) is 25.8 Å². The van der Waals surface area contributed by atoms with Crippen LogP contribution in [0.25, 0.3) is 0 Å². The van der Waals surface area contributed by atoms with Gasteiger partial charge in [0, 0.05) is 30.6 Å². The van der Waals surface area contributed by atoms with Crippen LogP contribution >= 0.6 is 12.4 Å². The van der Waals surface area contributed by atoms with Gasteiger partial charge in [-0.15, -0.1) is 12.4 Å². The van der Waals surface area contributed by atoms with E-state index in [0.717, 1.165) is 5.75 Å². The van der Waals surface area contributed by atoms with Gasteiger partial charge in [0.1, 0.15) is 5.75 Å². The first-order chi connectivity index (χ1) is 12.0. The van der Waals surface area contributed by atoms with E-state index in [1.54, 1.807) is 0 Å². The third-order valence-corrected chi connectivity index (χ3v) is 4.56. The highest BCUT2D eigenvalue weighted by Crippen LogP contribution is 2.27. The third kappa shape index (κ3) is 4.77. The smallest absolute Gasteiger partial charge is 0.253 e. The number of rotatable bonds is 5. The van der Waals surface area contributed by atoms with Crippen molar-refractivity contribution in [1.29, 1.82) is 0 Å². The molecule has 2 N–H and O–H groups in total. The van der Waals surface area contributed by atoms with E-state index in [4.69, 9.17) is 10.5 Å². The fourth-order valence-electron chi connectivity index (χ4n) is 3.19. The van der Waals surface area contributed by atoms with Gasteiger partial charge in [0.05, 0.1) is 6.61 Å². The first-order valence-electron chi connectivity index (χ1n) is 8.87. The summed E-state index contributed by atoms with van der Waals surface area (Å²) in [6, 6.07) is 17.6. The summed E-state index contributed by atoms with van der Waals surface area (Å²) in [7, 11) is 0. The minimum atomic E-state index is -0.0278. The molecule has 1 aliphatic rings. The zero-order chi connectivity index (χ0) is 17.8. The molecule has 0 aliphatic carbocycles. The monoisotopic (exact) mass is 374 g/mol. The Hall–Kier alpha value is -2.04. The van der Waals surface area contributed by atoms with E-state index < -0.39 is 0 Å². The summed E-state index contributed by atoms with van der Waals surface area (Å²) in [6.07, 6.45) is 0. The molecule has 1 heterocycles. The number of nitrogens with two attached hydrogens (primary N) is 1. The van der Waals surface area contributed by atoms with Crippen molar-refractivity contribution in [2.75, 3.05) is 19.7 Å². The van der Waals surface area contributed by atoms with Gasteiger partial charge in [0.2, 0.25) is 0 Å². The molecule has 0 saturated carbocycles. The number of halogens is 1. The van der Waals surface area contributed by atoms with Gasteiger partial charge in [-0.25, -0.2) is 0 Å². The maximum atomic E-state index is 12.8. The van der Waals surface area contributed by atoms with Crippen molar-refractivity contribution in [3.8, 4) is 5.75 Å². The fraction of sp³-hybridized carbons (Fsp3) is 0.381. The number of carbonyl (C=O) groups excluding carboxylic acids is 1. The van der Waals surface area contributed by atoms with E-state index in [-0.39, 0.29) is 30.3 Å². The van der Waals surface area contributed by atoms with Crippen LogP contribution in [-0.4, -0.2) is 36.5 Å². The Balaban J connectivity index is 0.00000243. The summed E-state index contributed by atoms with van der Waals surface area (Å²) in [5.41, 5.74) is 8.17. The molecule has 0 bridgehead atoms. The Morgan fingerprint density at radius 3 is 2.38 bits per heavy atom. The molecule has 1 fully saturated rings. The second-order valence-electron chi connectivity index (χ2n) is 7.12. The Bertz CT molecular complexity index is 704. The van der Waals surface area contributed by atoms with Gasteiger partial charge in [-0.2, -0.15) is 0 Å². The van der Waals surface area contributed by atoms with Gasteiger partial charge in [-0.3, -0.25) is 4.79 Å². The molecule has 2 aromatic rings. The lowest BCUT2D eigenvalue weighted by Crippen LogP contribution is -2.32. The van der Waals surface area contributed by atoms with Crippen LogP contribution in [0.1, 0.15) is 35.7 Å². The molecule has 0 unspecified atom stereocenters. The minimum absolute atomic E-state index is 0. The van der Waals surface area contributed by atoms with E-state index in [0.29, 0.717) is 31.2 Å². The quantitative estimate of drug-likeness (QED) is 0.867. The summed E-state index contributed by atoms with van der Waals surface area (Å²) in [6.45, 7) is 6.14. The average Bonchev–Trinajstić information content (AvgIpc) is 3.02. The lowest BCUT2D eigenvalue weighted by Gasteiger charge is -2.17. The number of hydrogen-bond donors (Lipinski definition) is 1. The van der Waals surface area contributed by atoms with Crippen molar-refractivity contribution >= 4 is 18.3 Å². The highest BCUT2D eigenvalue weighted by molar-refractivity contribution is 5.94. The second kappa shape index (κ2) is 9.06. The molecule has 3 rings (SSSR count). The summed E-state index contributed by atoms with van der Waals surface area (Å²) in [4.78, 5) is 14.6. The second-order valence-corrected chi connectivity index (χ2v) is 7.12. The third-order valence-electron chi connectivity index (χ3n) is 4.56. The molecule has 1 amide bonds. The van der Waals surface area contributed by atoms with Gasteiger partial charge >= 0.3 is 0 Å². The van der Waals surface area contributed by atoms with Crippen LogP contribution in [0.5, 0.6) is 5.75 Å². The highest BCUT2D eigenvalue weighted by Gasteiger charge is 2.34. The maximum Gasteiger partial charge on any atom is 0.253 e. The standard InChI is InChI=1S/C21H26N2O2.ClH/c1-15(2)14-25-18-10-8-17(9-11-18)21(24)23-12-19(20(22)13-23)16-6-4-3-5-7-16;/h3-11,15,19-20H,12-14,22H2,1-2H3;1H/t19-,20+;/m0./s1. The summed E-state index contributed by atoms with van der Waals surface area (Å²) in [5, 5.41) is 0. The summed E-state index contributed by atoms with van der Waals surface area (Å²) >= 11 is 0. The number of benzene rings is 2. The predicted molar refractivity (Wildman–Crippen MR) is 107 cm³/mol. The molecule has 0 aromatic heterocycles. The van der Waals surface area contributed by atoms with Gasteiger partial charge in [0.25, 0.3) is 5.91 Å². The molecule has 1 aliphatic heterocycles. The van der Waals surface area contributed by atoms with Crippen LogP contribution in [0.4, 0.5) is 0 Å². The van der Waals surface area contributed by atoms with E-state index in [2.05, 4.69) is 26.0 Å². The topological polar surface area (TPSA) is 55.6 Å². The Kier molecular flexibility index (Phi) is 7.06. The minimum Gasteiger partial charge on any atom is -0.493 e. The Labute approximate surface area is 161 Å². The largest absolute Gasteiger partial charge is 0.493 e. The molecule has 0 radical (unpaired) electrons. The SMILES string of the molecule is CC(C)COc1ccc(C(=O)N2C[C@@H](N)[C@H](c3ccccc3)C2)cc1.Cl. The molecule has 2 aromatic carbocycles. The number of ether oxygens (including phenoxy) is 1. The molecular formula is C21H27ClN2O2. The van der Waals surface area contributed by atoms with E-state index in [9.17, 15) is 4.79 Å². The van der Waals surface area contributed by atoms with Crippen molar-refractivity contribution in [2.24, 2.45) is 11.7 Å². The maximum absolute atomic E-state index is 12.8. The van der Waals surface area contributed by atoms with Crippen LogP contribution in [0.2, 0.25) is 0 Å². The molecule has 5 heteroatoms. The Morgan fingerprint density at radius 1 is 1.12 bits per heavy atom. The number of nitrogens with zero attached hydrogens (tertiary/aromatic N) is 1. The summed E-state index contributed by atoms with van der Waals surface area (Å²) < 4.78 is 5.67. The van der Waals surface area contributed by atoms with Gasteiger partial charge in [-0.05, 0) is 35.7 Å². The van der Waals surface area contributed by atoms with Crippen LogP contribution in [0.3, 0.4) is 0 Å². The van der Waals surface area contributed by atoms with Crippen LogP contribution < -0.4 is 10.5 Å². The Morgan fingerprint density at radius 2 is 1.77 bits per heavy atom. The zero-order valence-electron chi connectivity index (χ0n) is 15.3. The van der Waals surface area contributed by atoms with Crippen LogP contribution in [0.15, 0.2) is 54.6 Å². The molecule has 1 saturated heterocycles. The average molecular weight is 375 g/mol. The molecule has 4 nitrogen and oxygen atoms in total. The van der Waals surface area contributed by atoms with Crippen molar-refractivity contribution in [3.63, 3.8) is 0 Å². The number of amides is 1. The van der Waals surface area contributed by atoms with E-state index >= 15 is 0 Å². The summed E-state index contributed by atoms with van der Waals surface area (Å²) in [5.74, 6) is 1.50. The number of hydrogen-bond acceptors (Lipinski definition) is 3. The number of carbonyl (C=O) groups is 1. The van der Waals surface area contributed by atoms with Gasteiger partial charge in [0.15, 0.2) is 0 Å². The lowest BCUT2D eigenvalue weighted by molar-refractivity contribution is 0.0789. The normalized spacial score (nSPS) is 19.3. The van der Waals surface area contributed by atoms with E-state index in [1.165, 1.54) is 5.56 Å². The molecule has 2 atom stereocenters. The van der Waals surface area contributed by atoms with Crippen LogP contribution in [-0.2, 0) is 0 Å². The van der Waals surface area contributed by atoms with Crippen LogP contribution in [0, 0.1) is 5.92 Å². The molecular weight excluding hydrogens is 348 g/mol. The predicted octanol–water partition coefficient (Wildman–Crippen LogP) is 3.71. The first-order valence-corrected chi connectivity index (χ1v) is 8.87. The number of likely N-dealkylation sites (tertiary alicyclic amines) is 1.